The second-order valence-corrected chi connectivity index (χ2v) is 4.72. The van der Waals surface area contributed by atoms with Crippen molar-refractivity contribution in [3.8, 4) is 5.75 Å². The number of hydrogen-bond acceptors (Lipinski definition) is 3. The van der Waals surface area contributed by atoms with Crippen LogP contribution in [0.3, 0.4) is 0 Å². The van der Waals surface area contributed by atoms with Crippen LogP contribution in [0.5, 0.6) is 5.75 Å². The molecule has 1 amide bonds. The van der Waals surface area contributed by atoms with Gasteiger partial charge in [-0.15, -0.1) is 0 Å². The quantitative estimate of drug-likeness (QED) is 0.858. The lowest BCUT2D eigenvalue weighted by Crippen LogP contribution is -2.47. The highest BCUT2D eigenvalue weighted by Crippen LogP contribution is 2.24. The van der Waals surface area contributed by atoms with E-state index in [-0.39, 0.29) is 17.7 Å². The van der Waals surface area contributed by atoms with E-state index in [9.17, 15) is 9.90 Å². The number of ether oxygens (including phenoxy) is 1. The van der Waals surface area contributed by atoms with Crippen LogP contribution in [-0.4, -0.2) is 29.8 Å². The Morgan fingerprint density at radius 1 is 1.50 bits per heavy atom. The number of carbonyl (C=O) groups is 1. The fourth-order valence-electron chi connectivity index (χ4n) is 2.12. The molecule has 4 heteroatoms. The van der Waals surface area contributed by atoms with Gasteiger partial charge in [0.15, 0.2) is 0 Å². The summed E-state index contributed by atoms with van der Waals surface area (Å²) in [5.41, 5.74) is 1.30. The molecule has 1 aromatic rings. The predicted octanol–water partition coefficient (Wildman–Crippen LogP) is 2.00. The number of rotatable bonds is 4. The minimum atomic E-state index is -0.0851. The first kappa shape index (κ1) is 12.9. The van der Waals surface area contributed by atoms with E-state index in [0.29, 0.717) is 17.2 Å². The highest BCUT2D eigenvalue weighted by atomic mass is 16.5. The van der Waals surface area contributed by atoms with E-state index < -0.39 is 0 Å². The lowest BCUT2D eigenvalue weighted by Gasteiger charge is -2.35. The SMILES string of the molecule is CCOC1CC(NC(=O)c2ccc(O)c(C)c2)C1. The largest absolute Gasteiger partial charge is 0.508 e. The molecule has 1 aliphatic rings. The molecule has 1 aromatic carbocycles. The summed E-state index contributed by atoms with van der Waals surface area (Å²) in [5.74, 6) is 0.129. The highest BCUT2D eigenvalue weighted by Gasteiger charge is 2.30. The fraction of sp³-hybridized carbons (Fsp3) is 0.500. The Balaban J connectivity index is 1.87. The van der Waals surface area contributed by atoms with Crippen LogP contribution in [0.2, 0.25) is 0 Å². The third kappa shape index (κ3) is 2.82. The maximum atomic E-state index is 11.9. The van der Waals surface area contributed by atoms with Crippen molar-refractivity contribution in [1.82, 2.24) is 5.32 Å². The lowest BCUT2D eigenvalue weighted by molar-refractivity contribution is -0.00862. The summed E-state index contributed by atoms with van der Waals surface area (Å²) in [6.07, 6.45) is 2.06. The highest BCUT2D eigenvalue weighted by molar-refractivity contribution is 5.94. The van der Waals surface area contributed by atoms with Crippen molar-refractivity contribution in [3.05, 3.63) is 29.3 Å². The molecule has 0 unspecified atom stereocenters. The van der Waals surface area contributed by atoms with Crippen LogP contribution in [0.15, 0.2) is 18.2 Å². The molecule has 2 N–H and O–H groups in total. The maximum absolute atomic E-state index is 11.9. The van der Waals surface area contributed by atoms with Gasteiger partial charge in [-0.25, -0.2) is 0 Å². The molecule has 0 aliphatic heterocycles. The molecular weight excluding hydrogens is 230 g/mol. The van der Waals surface area contributed by atoms with Gasteiger partial charge in [-0.1, -0.05) is 0 Å². The Labute approximate surface area is 107 Å². The van der Waals surface area contributed by atoms with Crippen LogP contribution in [0, 0.1) is 6.92 Å². The second-order valence-electron chi connectivity index (χ2n) is 4.72. The van der Waals surface area contributed by atoms with Gasteiger partial charge >= 0.3 is 0 Å². The zero-order valence-corrected chi connectivity index (χ0v) is 10.8. The molecule has 2 rings (SSSR count). The summed E-state index contributed by atoms with van der Waals surface area (Å²) >= 11 is 0. The van der Waals surface area contributed by atoms with Gasteiger partial charge < -0.3 is 15.2 Å². The molecule has 0 aromatic heterocycles. The molecule has 1 aliphatic carbocycles. The van der Waals surface area contributed by atoms with Crippen molar-refractivity contribution in [2.24, 2.45) is 0 Å². The van der Waals surface area contributed by atoms with E-state index in [1.807, 2.05) is 6.92 Å². The van der Waals surface area contributed by atoms with E-state index in [0.717, 1.165) is 19.4 Å². The van der Waals surface area contributed by atoms with Crippen molar-refractivity contribution in [2.75, 3.05) is 6.61 Å². The molecule has 4 nitrogen and oxygen atoms in total. The van der Waals surface area contributed by atoms with Gasteiger partial charge in [-0.05, 0) is 50.5 Å². The summed E-state index contributed by atoms with van der Waals surface area (Å²) in [7, 11) is 0. The van der Waals surface area contributed by atoms with E-state index in [1.54, 1.807) is 25.1 Å². The van der Waals surface area contributed by atoms with Gasteiger partial charge in [0.05, 0.1) is 6.10 Å². The van der Waals surface area contributed by atoms with Gasteiger partial charge in [0.25, 0.3) is 5.91 Å². The standard InChI is InChI=1S/C14H19NO3/c1-3-18-12-7-11(8-12)15-14(17)10-4-5-13(16)9(2)6-10/h4-6,11-12,16H,3,7-8H2,1-2H3,(H,15,17). The second kappa shape index (κ2) is 5.40. The number of phenols is 1. The number of aromatic hydroxyl groups is 1. The number of hydrogen-bond donors (Lipinski definition) is 2. The summed E-state index contributed by atoms with van der Waals surface area (Å²) < 4.78 is 5.45. The van der Waals surface area contributed by atoms with E-state index in [2.05, 4.69) is 5.32 Å². The normalized spacial score (nSPS) is 22.3. The Kier molecular flexibility index (Phi) is 3.87. The van der Waals surface area contributed by atoms with E-state index >= 15 is 0 Å². The van der Waals surface area contributed by atoms with Crippen molar-refractivity contribution >= 4 is 5.91 Å². The molecule has 1 saturated carbocycles. The maximum Gasteiger partial charge on any atom is 0.251 e. The molecular formula is C14H19NO3. The zero-order valence-electron chi connectivity index (χ0n) is 10.8. The number of carbonyl (C=O) groups excluding carboxylic acids is 1. The summed E-state index contributed by atoms with van der Waals surface area (Å²) in [4.78, 5) is 11.9. The first-order valence-electron chi connectivity index (χ1n) is 6.32. The van der Waals surface area contributed by atoms with Crippen LogP contribution in [0.1, 0.15) is 35.7 Å². The Bertz CT molecular complexity index is 439. The summed E-state index contributed by atoms with van der Waals surface area (Å²) in [5, 5.41) is 12.4. The molecule has 0 heterocycles. The number of aryl methyl sites for hydroxylation is 1. The van der Waals surface area contributed by atoms with Crippen molar-refractivity contribution in [1.29, 1.82) is 0 Å². The zero-order chi connectivity index (χ0) is 13.1. The topological polar surface area (TPSA) is 58.6 Å². The van der Waals surface area contributed by atoms with Gasteiger partial charge in [0, 0.05) is 18.2 Å². The summed E-state index contributed by atoms with van der Waals surface area (Å²) in [6, 6.07) is 5.09. The third-order valence-corrected chi connectivity index (χ3v) is 3.29. The minimum absolute atomic E-state index is 0.0851. The third-order valence-electron chi connectivity index (χ3n) is 3.29. The monoisotopic (exact) mass is 249 g/mol. The molecule has 0 radical (unpaired) electrons. The van der Waals surface area contributed by atoms with Gasteiger partial charge in [-0.2, -0.15) is 0 Å². The van der Waals surface area contributed by atoms with Gasteiger partial charge in [0.2, 0.25) is 0 Å². The number of phenolic OH excluding ortho intramolecular Hbond substituents is 1. The number of nitrogens with one attached hydrogen (secondary N) is 1. The molecule has 0 saturated heterocycles. The molecule has 0 spiro atoms. The molecule has 0 atom stereocenters. The predicted molar refractivity (Wildman–Crippen MR) is 68.7 cm³/mol. The van der Waals surface area contributed by atoms with Gasteiger partial charge in [-0.3, -0.25) is 4.79 Å². The number of amides is 1. The first-order chi connectivity index (χ1) is 8.60. The van der Waals surface area contributed by atoms with Gasteiger partial charge in [0.1, 0.15) is 5.75 Å². The molecule has 98 valence electrons. The van der Waals surface area contributed by atoms with E-state index in [4.69, 9.17) is 4.74 Å². The molecule has 0 bridgehead atoms. The van der Waals surface area contributed by atoms with Crippen molar-refractivity contribution in [2.45, 2.75) is 38.8 Å². The summed E-state index contributed by atoms with van der Waals surface area (Å²) in [6.45, 7) is 4.48. The first-order valence-corrected chi connectivity index (χ1v) is 6.32. The molecule has 18 heavy (non-hydrogen) atoms. The smallest absolute Gasteiger partial charge is 0.251 e. The lowest BCUT2D eigenvalue weighted by atomic mass is 9.89. The van der Waals surface area contributed by atoms with Crippen molar-refractivity contribution in [3.63, 3.8) is 0 Å². The Hall–Kier alpha value is -1.55. The van der Waals surface area contributed by atoms with Crippen LogP contribution in [-0.2, 0) is 4.74 Å². The van der Waals surface area contributed by atoms with Crippen molar-refractivity contribution < 1.29 is 14.6 Å². The molecule has 1 fully saturated rings. The Morgan fingerprint density at radius 2 is 2.22 bits per heavy atom. The van der Waals surface area contributed by atoms with Crippen LogP contribution >= 0.6 is 0 Å². The van der Waals surface area contributed by atoms with E-state index in [1.165, 1.54) is 0 Å². The number of benzene rings is 1. The Morgan fingerprint density at radius 3 is 2.83 bits per heavy atom. The average Bonchev–Trinajstić information content (AvgIpc) is 2.30. The van der Waals surface area contributed by atoms with Crippen LogP contribution < -0.4 is 5.32 Å². The average molecular weight is 249 g/mol. The fourth-order valence-corrected chi connectivity index (χ4v) is 2.12. The minimum Gasteiger partial charge on any atom is -0.508 e. The van der Waals surface area contributed by atoms with Crippen LogP contribution in [0.25, 0.3) is 0 Å². The van der Waals surface area contributed by atoms with Crippen LogP contribution in [0.4, 0.5) is 0 Å².